The molecule has 3 aliphatic rings. The summed E-state index contributed by atoms with van der Waals surface area (Å²) in [5, 5.41) is 7.81. The van der Waals surface area contributed by atoms with Crippen LogP contribution in [0.15, 0.2) is 24.3 Å². The van der Waals surface area contributed by atoms with Crippen LogP contribution in [0.4, 0.5) is 5.69 Å². The van der Waals surface area contributed by atoms with Crippen molar-refractivity contribution < 1.29 is 4.79 Å². The molecule has 0 bridgehead atoms. The predicted molar refractivity (Wildman–Crippen MR) is 114 cm³/mol. The van der Waals surface area contributed by atoms with Crippen LogP contribution >= 0.6 is 0 Å². The monoisotopic (exact) mass is 393 g/mol. The molecule has 2 fully saturated rings. The number of piperazine rings is 1. The number of carbonyl (C=O) groups is 1. The fraction of sp³-hybridized carbons (Fsp3) is 0.565. The van der Waals surface area contributed by atoms with Crippen LogP contribution < -0.4 is 4.90 Å². The van der Waals surface area contributed by atoms with Gasteiger partial charge in [0.25, 0.3) is 0 Å². The molecular formula is C23H31N5O. The van der Waals surface area contributed by atoms with E-state index >= 15 is 0 Å². The molecule has 0 atom stereocenters. The van der Waals surface area contributed by atoms with Crippen molar-refractivity contribution in [1.29, 1.82) is 0 Å². The number of amides is 1. The molecule has 2 aliphatic heterocycles. The Labute approximate surface area is 172 Å². The molecule has 1 aromatic heterocycles. The molecule has 5 rings (SSSR count). The van der Waals surface area contributed by atoms with Crippen molar-refractivity contribution in [3.05, 3.63) is 46.8 Å². The van der Waals surface area contributed by atoms with Gasteiger partial charge in [0.05, 0.1) is 12.2 Å². The van der Waals surface area contributed by atoms with Crippen molar-refractivity contribution in [2.45, 2.75) is 38.5 Å². The van der Waals surface area contributed by atoms with E-state index in [4.69, 9.17) is 0 Å². The van der Waals surface area contributed by atoms with Gasteiger partial charge in [0.1, 0.15) is 0 Å². The molecule has 1 N–H and O–H groups in total. The molecule has 0 unspecified atom stereocenters. The molecule has 6 nitrogen and oxygen atoms in total. The second-order valence-corrected chi connectivity index (χ2v) is 8.82. The number of benzene rings is 1. The second kappa shape index (κ2) is 7.82. The number of carbonyl (C=O) groups excluding carboxylic acids is 1. The maximum atomic E-state index is 13.0. The van der Waals surface area contributed by atoms with E-state index in [0.29, 0.717) is 12.5 Å². The average molecular weight is 394 g/mol. The van der Waals surface area contributed by atoms with Crippen molar-refractivity contribution in [3.63, 3.8) is 0 Å². The minimum atomic E-state index is 0.278. The zero-order chi connectivity index (χ0) is 19.8. The summed E-state index contributed by atoms with van der Waals surface area (Å²) in [4.78, 5) is 19.8. The van der Waals surface area contributed by atoms with E-state index in [1.54, 1.807) is 0 Å². The number of fused-ring (bicyclic) bond motifs is 1. The minimum absolute atomic E-state index is 0.278. The van der Waals surface area contributed by atoms with Crippen LogP contribution in [0, 0.1) is 6.92 Å². The first-order valence-electron chi connectivity index (χ1n) is 11.0. The summed E-state index contributed by atoms with van der Waals surface area (Å²) >= 11 is 0. The molecule has 0 radical (unpaired) electrons. The van der Waals surface area contributed by atoms with Gasteiger partial charge in [-0.15, -0.1) is 0 Å². The number of rotatable bonds is 4. The van der Waals surface area contributed by atoms with Crippen LogP contribution in [0.1, 0.15) is 41.3 Å². The Morgan fingerprint density at radius 2 is 1.90 bits per heavy atom. The number of aromatic nitrogens is 2. The number of nitrogens with one attached hydrogen (secondary N) is 1. The summed E-state index contributed by atoms with van der Waals surface area (Å²) in [5.41, 5.74) is 6.53. The largest absolute Gasteiger partial charge is 0.369 e. The predicted octanol–water partition coefficient (Wildman–Crippen LogP) is 2.34. The van der Waals surface area contributed by atoms with Gasteiger partial charge in [0.2, 0.25) is 5.91 Å². The highest BCUT2D eigenvalue weighted by atomic mass is 16.2. The number of H-pyrrole nitrogens is 1. The molecule has 1 aromatic carbocycles. The van der Waals surface area contributed by atoms with Gasteiger partial charge in [-0.25, -0.2) is 0 Å². The van der Waals surface area contributed by atoms with Gasteiger partial charge in [0, 0.05) is 63.0 Å². The van der Waals surface area contributed by atoms with E-state index in [9.17, 15) is 4.79 Å². The van der Waals surface area contributed by atoms with Crippen molar-refractivity contribution in [1.82, 2.24) is 20.0 Å². The Kier molecular flexibility index (Phi) is 5.04. The molecule has 2 aromatic rings. The highest BCUT2D eigenvalue weighted by Crippen LogP contribution is 2.41. The summed E-state index contributed by atoms with van der Waals surface area (Å²) in [7, 11) is 0. The van der Waals surface area contributed by atoms with E-state index < -0.39 is 0 Å². The molecule has 154 valence electrons. The summed E-state index contributed by atoms with van der Waals surface area (Å²) in [5.74, 6) is 0.946. The first-order chi connectivity index (χ1) is 14.2. The zero-order valence-electron chi connectivity index (χ0n) is 17.4. The first kappa shape index (κ1) is 18.7. The molecule has 0 spiro atoms. The summed E-state index contributed by atoms with van der Waals surface area (Å²) < 4.78 is 0. The Hall–Kier alpha value is -2.34. The average Bonchev–Trinajstić information content (AvgIpc) is 3.53. The van der Waals surface area contributed by atoms with E-state index in [1.807, 2.05) is 0 Å². The topological polar surface area (TPSA) is 55.5 Å². The highest BCUT2D eigenvalue weighted by Gasteiger charge is 2.32. The van der Waals surface area contributed by atoms with Gasteiger partial charge in [-0.3, -0.25) is 14.8 Å². The Bertz CT molecular complexity index is 879. The fourth-order valence-corrected chi connectivity index (χ4v) is 4.73. The van der Waals surface area contributed by atoms with Crippen LogP contribution in [-0.4, -0.2) is 71.7 Å². The Morgan fingerprint density at radius 1 is 1.10 bits per heavy atom. The van der Waals surface area contributed by atoms with E-state index in [2.05, 4.69) is 56.1 Å². The van der Waals surface area contributed by atoms with Crippen LogP contribution in [0.25, 0.3) is 0 Å². The van der Waals surface area contributed by atoms with Gasteiger partial charge in [-0.2, -0.15) is 5.10 Å². The smallest absolute Gasteiger partial charge is 0.236 e. The lowest BCUT2D eigenvalue weighted by molar-refractivity contribution is -0.132. The lowest BCUT2D eigenvalue weighted by Crippen LogP contribution is -2.50. The van der Waals surface area contributed by atoms with Crippen LogP contribution in [-0.2, 0) is 17.6 Å². The molecule has 3 heterocycles. The number of hydrogen-bond donors (Lipinski definition) is 1. The lowest BCUT2D eigenvalue weighted by atomic mass is 10.1. The standard InChI is InChI=1S/C23H31N5O/c1-17-3-2-4-19(15-17)27-13-11-26(12-14-27)16-22(29)28-9-7-20-21(8-10-28)24-25-23(20)18-5-6-18/h2-4,15,18H,5-14,16H2,1H3,(H,24,25). The van der Waals surface area contributed by atoms with Crippen molar-refractivity contribution >= 4 is 11.6 Å². The number of nitrogens with zero attached hydrogens (tertiary/aromatic N) is 4. The Morgan fingerprint density at radius 3 is 2.66 bits per heavy atom. The van der Waals surface area contributed by atoms with E-state index in [-0.39, 0.29) is 5.91 Å². The summed E-state index contributed by atoms with van der Waals surface area (Å²) in [6, 6.07) is 8.70. The zero-order valence-corrected chi connectivity index (χ0v) is 17.4. The van der Waals surface area contributed by atoms with Crippen molar-refractivity contribution in [2.24, 2.45) is 0 Å². The number of hydrogen-bond acceptors (Lipinski definition) is 4. The van der Waals surface area contributed by atoms with Gasteiger partial charge < -0.3 is 9.80 Å². The van der Waals surface area contributed by atoms with E-state index in [1.165, 1.54) is 41.0 Å². The molecule has 29 heavy (non-hydrogen) atoms. The number of aromatic amines is 1. The number of aryl methyl sites for hydroxylation is 1. The first-order valence-corrected chi connectivity index (χ1v) is 11.0. The van der Waals surface area contributed by atoms with Crippen LogP contribution in [0.3, 0.4) is 0 Å². The van der Waals surface area contributed by atoms with Crippen molar-refractivity contribution in [2.75, 3.05) is 50.7 Å². The quantitative estimate of drug-likeness (QED) is 0.866. The third-order valence-electron chi connectivity index (χ3n) is 6.66. The van der Waals surface area contributed by atoms with Gasteiger partial charge in [-0.05, 0) is 49.4 Å². The molecule has 1 saturated heterocycles. The fourth-order valence-electron chi connectivity index (χ4n) is 4.73. The van der Waals surface area contributed by atoms with Gasteiger partial charge >= 0.3 is 0 Å². The molecule has 1 amide bonds. The number of anilines is 1. The van der Waals surface area contributed by atoms with Crippen molar-refractivity contribution in [3.8, 4) is 0 Å². The van der Waals surface area contributed by atoms with Gasteiger partial charge in [-0.1, -0.05) is 12.1 Å². The summed E-state index contributed by atoms with van der Waals surface area (Å²) in [6.07, 6.45) is 4.40. The third-order valence-corrected chi connectivity index (χ3v) is 6.66. The van der Waals surface area contributed by atoms with Gasteiger partial charge in [0.15, 0.2) is 0 Å². The molecule has 1 aliphatic carbocycles. The minimum Gasteiger partial charge on any atom is -0.369 e. The molecule has 6 heteroatoms. The highest BCUT2D eigenvalue weighted by molar-refractivity contribution is 5.78. The van der Waals surface area contributed by atoms with Crippen LogP contribution in [0.2, 0.25) is 0 Å². The second-order valence-electron chi connectivity index (χ2n) is 8.82. The molecular weight excluding hydrogens is 362 g/mol. The lowest BCUT2D eigenvalue weighted by Gasteiger charge is -2.36. The third kappa shape index (κ3) is 4.04. The van der Waals surface area contributed by atoms with E-state index in [0.717, 1.165) is 52.1 Å². The maximum Gasteiger partial charge on any atom is 0.236 e. The summed E-state index contributed by atoms with van der Waals surface area (Å²) in [6.45, 7) is 8.18. The SMILES string of the molecule is Cc1cccc(N2CCN(CC(=O)N3CCc4[nH]nc(C5CC5)c4CC3)CC2)c1. The van der Waals surface area contributed by atoms with Crippen LogP contribution in [0.5, 0.6) is 0 Å². The molecule has 1 saturated carbocycles. The maximum absolute atomic E-state index is 13.0. The normalized spacial score (nSPS) is 20.4. The Balaban J connectivity index is 1.14.